The van der Waals surface area contributed by atoms with E-state index in [0.29, 0.717) is 16.9 Å². The van der Waals surface area contributed by atoms with Gasteiger partial charge in [0.15, 0.2) is 0 Å². The van der Waals surface area contributed by atoms with Crippen LogP contribution < -0.4 is 5.73 Å². The maximum absolute atomic E-state index is 11.9. The summed E-state index contributed by atoms with van der Waals surface area (Å²) < 4.78 is 5.19. The van der Waals surface area contributed by atoms with Crippen molar-refractivity contribution in [3.63, 3.8) is 0 Å². The Morgan fingerprint density at radius 1 is 1.40 bits per heavy atom. The molecule has 1 heterocycles. The van der Waals surface area contributed by atoms with Crippen LogP contribution in [0.3, 0.4) is 0 Å². The van der Waals surface area contributed by atoms with E-state index in [9.17, 15) is 4.79 Å². The Labute approximate surface area is 116 Å². The molecule has 0 radical (unpaired) electrons. The van der Waals surface area contributed by atoms with E-state index in [-0.39, 0.29) is 6.61 Å². The van der Waals surface area contributed by atoms with Crippen molar-refractivity contribution in [1.29, 1.82) is 5.26 Å². The molecule has 0 unspecified atom stereocenters. The number of hydrogen-bond acceptors (Lipinski definition) is 5. The molecular formula is C15H13N3O2. The van der Waals surface area contributed by atoms with E-state index in [0.717, 1.165) is 11.1 Å². The molecule has 100 valence electrons. The maximum atomic E-state index is 11.9. The lowest BCUT2D eigenvalue weighted by atomic mass is 10.1. The molecule has 0 saturated carbocycles. The summed E-state index contributed by atoms with van der Waals surface area (Å²) in [5.41, 5.74) is 8.62. The van der Waals surface area contributed by atoms with E-state index in [1.807, 2.05) is 13.0 Å². The Morgan fingerprint density at radius 2 is 2.20 bits per heavy atom. The van der Waals surface area contributed by atoms with Gasteiger partial charge in [-0.2, -0.15) is 5.26 Å². The number of hydrogen-bond donors (Lipinski definition) is 1. The van der Waals surface area contributed by atoms with Crippen molar-refractivity contribution in [2.24, 2.45) is 0 Å². The first-order chi connectivity index (χ1) is 9.60. The van der Waals surface area contributed by atoms with E-state index in [1.165, 1.54) is 6.20 Å². The molecule has 0 amide bonds. The first-order valence-electron chi connectivity index (χ1n) is 5.98. The number of rotatable bonds is 3. The second kappa shape index (κ2) is 5.85. The summed E-state index contributed by atoms with van der Waals surface area (Å²) in [6.07, 6.45) is 1.51. The number of aromatic nitrogens is 1. The number of carbonyl (C=O) groups excluding carboxylic acids is 1. The summed E-state index contributed by atoms with van der Waals surface area (Å²) in [5, 5.41) is 8.74. The van der Waals surface area contributed by atoms with Crippen LogP contribution in [0.4, 0.5) is 5.69 Å². The largest absolute Gasteiger partial charge is 0.457 e. The van der Waals surface area contributed by atoms with Crippen LogP contribution in [-0.4, -0.2) is 11.0 Å². The van der Waals surface area contributed by atoms with Gasteiger partial charge >= 0.3 is 5.97 Å². The fourth-order valence-electron chi connectivity index (χ4n) is 1.66. The first kappa shape index (κ1) is 13.6. The second-order valence-electron chi connectivity index (χ2n) is 4.31. The molecule has 5 heteroatoms. The number of ether oxygens (including phenoxy) is 1. The average molecular weight is 267 g/mol. The Balaban J connectivity index is 2.05. The van der Waals surface area contributed by atoms with Gasteiger partial charge < -0.3 is 10.5 Å². The van der Waals surface area contributed by atoms with Crippen molar-refractivity contribution in [1.82, 2.24) is 4.98 Å². The van der Waals surface area contributed by atoms with Gasteiger partial charge in [-0.15, -0.1) is 0 Å². The Hall–Kier alpha value is -2.87. The molecule has 2 rings (SSSR count). The van der Waals surface area contributed by atoms with Crippen LogP contribution in [0, 0.1) is 18.3 Å². The summed E-state index contributed by atoms with van der Waals surface area (Å²) >= 11 is 0. The highest BCUT2D eigenvalue weighted by atomic mass is 16.5. The minimum atomic E-state index is -0.427. The third kappa shape index (κ3) is 3.12. The molecule has 0 aliphatic heterocycles. The molecule has 0 aliphatic carbocycles. The van der Waals surface area contributed by atoms with Crippen molar-refractivity contribution in [3.05, 3.63) is 58.9 Å². The van der Waals surface area contributed by atoms with Crippen molar-refractivity contribution in [2.45, 2.75) is 13.5 Å². The number of carbonyl (C=O) groups is 1. The monoisotopic (exact) mass is 267 g/mol. The zero-order valence-electron chi connectivity index (χ0n) is 11.0. The highest BCUT2D eigenvalue weighted by Crippen LogP contribution is 2.14. The normalized spacial score (nSPS) is 9.80. The minimum absolute atomic E-state index is 0.0967. The van der Waals surface area contributed by atoms with Gasteiger partial charge in [-0.3, -0.25) is 0 Å². The molecule has 0 aliphatic rings. The molecule has 1 aromatic heterocycles. The zero-order chi connectivity index (χ0) is 14.5. The van der Waals surface area contributed by atoms with Gasteiger partial charge in [0, 0.05) is 11.9 Å². The van der Waals surface area contributed by atoms with Crippen molar-refractivity contribution in [2.75, 3.05) is 5.73 Å². The number of nitrogens with two attached hydrogens (primary N) is 1. The van der Waals surface area contributed by atoms with E-state index < -0.39 is 5.97 Å². The van der Waals surface area contributed by atoms with Gasteiger partial charge in [-0.05, 0) is 48.4 Å². The number of pyridine rings is 1. The lowest BCUT2D eigenvalue weighted by Crippen LogP contribution is -2.06. The van der Waals surface area contributed by atoms with Gasteiger partial charge in [0.2, 0.25) is 0 Å². The molecule has 0 saturated heterocycles. The van der Waals surface area contributed by atoms with Crippen LogP contribution >= 0.6 is 0 Å². The van der Waals surface area contributed by atoms with E-state index in [2.05, 4.69) is 4.98 Å². The van der Waals surface area contributed by atoms with Crippen LogP contribution in [-0.2, 0) is 11.3 Å². The van der Waals surface area contributed by atoms with E-state index in [1.54, 1.807) is 30.3 Å². The fraction of sp³-hybridized carbons (Fsp3) is 0.133. The molecule has 2 aromatic rings. The maximum Gasteiger partial charge on any atom is 0.338 e. The molecule has 0 fully saturated rings. The number of nitriles is 1. The van der Waals surface area contributed by atoms with Gasteiger partial charge in [0.05, 0.1) is 5.56 Å². The van der Waals surface area contributed by atoms with Crippen LogP contribution in [0.1, 0.15) is 27.2 Å². The predicted octanol–water partition coefficient (Wildman–Crippen LogP) is 2.20. The number of nitrogens with zero attached hydrogens (tertiary/aromatic N) is 2. The lowest BCUT2D eigenvalue weighted by Gasteiger charge is -2.07. The number of esters is 1. The number of benzene rings is 1. The minimum Gasteiger partial charge on any atom is -0.457 e. The molecule has 5 nitrogen and oxygen atoms in total. The second-order valence-corrected chi connectivity index (χ2v) is 4.31. The summed E-state index contributed by atoms with van der Waals surface area (Å²) in [7, 11) is 0. The summed E-state index contributed by atoms with van der Waals surface area (Å²) in [6, 6.07) is 10.2. The van der Waals surface area contributed by atoms with E-state index >= 15 is 0 Å². The summed E-state index contributed by atoms with van der Waals surface area (Å²) in [5.74, 6) is -0.427. The Morgan fingerprint density at radius 3 is 2.90 bits per heavy atom. The molecule has 20 heavy (non-hydrogen) atoms. The van der Waals surface area contributed by atoms with Gasteiger partial charge in [0.25, 0.3) is 0 Å². The Bertz CT molecular complexity index is 690. The molecule has 0 bridgehead atoms. The summed E-state index contributed by atoms with van der Waals surface area (Å²) in [4.78, 5) is 15.7. The third-order valence-electron chi connectivity index (χ3n) is 2.81. The van der Waals surface area contributed by atoms with E-state index in [4.69, 9.17) is 15.7 Å². The first-order valence-corrected chi connectivity index (χ1v) is 5.98. The average Bonchev–Trinajstić information content (AvgIpc) is 2.47. The number of anilines is 1. The van der Waals surface area contributed by atoms with Crippen LogP contribution in [0.15, 0.2) is 36.5 Å². The van der Waals surface area contributed by atoms with Crippen molar-refractivity contribution < 1.29 is 9.53 Å². The van der Waals surface area contributed by atoms with Gasteiger partial charge in [-0.25, -0.2) is 9.78 Å². The number of nitrogen functional groups attached to an aromatic ring is 1. The molecule has 0 spiro atoms. The smallest absolute Gasteiger partial charge is 0.338 e. The Kier molecular flexibility index (Phi) is 3.96. The van der Waals surface area contributed by atoms with Crippen LogP contribution in [0.25, 0.3) is 0 Å². The van der Waals surface area contributed by atoms with Crippen molar-refractivity contribution >= 4 is 11.7 Å². The van der Waals surface area contributed by atoms with Gasteiger partial charge in [-0.1, -0.05) is 0 Å². The summed E-state index contributed by atoms with van der Waals surface area (Å²) in [6.45, 7) is 1.92. The molecule has 0 atom stereocenters. The topological polar surface area (TPSA) is 89.0 Å². The SMILES string of the molecule is Cc1cc(C(=O)OCc2ccnc(C#N)c2)ccc1N. The highest BCUT2D eigenvalue weighted by Gasteiger charge is 2.09. The standard InChI is InChI=1S/C15H13N3O2/c1-10-6-12(2-3-14(10)17)15(19)20-9-11-4-5-18-13(7-11)8-16/h2-7H,9,17H2,1H3. The van der Waals surface area contributed by atoms with Crippen LogP contribution in [0.2, 0.25) is 0 Å². The lowest BCUT2D eigenvalue weighted by molar-refractivity contribution is 0.0472. The third-order valence-corrected chi connectivity index (χ3v) is 2.81. The fourth-order valence-corrected chi connectivity index (χ4v) is 1.66. The quantitative estimate of drug-likeness (QED) is 0.680. The number of aryl methyl sites for hydroxylation is 1. The molecular weight excluding hydrogens is 254 g/mol. The van der Waals surface area contributed by atoms with Crippen molar-refractivity contribution in [3.8, 4) is 6.07 Å². The zero-order valence-corrected chi connectivity index (χ0v) is 11.0. The van der Waals surface area contributed by atoms with Gasteiger partial charge in [0.1, 0.15) is 18.4 Å². The molecule has 2 N–H and O–H groups in total. The predicted molar refractivity (Wildman–Crippen MR) is 73.7 cm³/mol. The van der Waals surface area contributed by atoms with Crippen LogP contribution in [0.5, 0.6) is 0 Å². The highest BCUT2D eigenvalue weighted by molar-refractivity contribution is 5.90. The molecule has 1 aromatic carbocycles.